The normalized spacial score (nSPS) is 17.2. The second kappa shape index (κ2) is 7.17. The van der Waals surface area contributed by atoms with E-state index in [1.54, 1.807) is 17.5 Å². The van der Waals surface area contributed by atoms with Crippen molar-refractivity contribution in [3.05, 3.63) is 35.5 Å². The number of amides is 1. The monoisotopic (exact) mass is 398 g/mol. The third-order valence-electron chi connectivity index (χ3n) is 4.23. The number of nitrogens with zero attached hydrogens (tertiary/aromatic N) is 4. The fourth-order valence-electron chi connectivity index (χ4n) is 2.73. The number of hydrogen-bond donors (Lipinski definition) is 1. The van der Waals surface area contributed by atoms with Crippen LogP contribution in [0, 0.1) is 0 Å². The van der Waals surface area contributed by atoms with Gasteiger partial charge in [-0.1, -0.05) is 6.07 Å². The number of aromatic nitrogens is 2. The van der Waals surface area contributed by atoms with Gasteiger partial charge in [0.25, 0.3) is 15.9 Å². The molecule has 0 saturated carbocycles. The summed E-state index contributed by atoms with van der Waals surface area (Å²) in [6.45, 7) is 2.28. The van der Waals surface area contributed by atoms with Crippen LogP contribution < -0.4 is 0 Å². The maximum Gasteiger partial charge on any atom is 0.328 e. The van der Waals surface area contributed by atoms with E-state index in [1.165, 1.54) is 33.1 Å². The molecule has 1 amide bonds. The summed E-state index contributed by atoms with van der Waals surface area (Å²) >= 11 is 1.16. The van der Waals surface area contributed by atoms with E-state index >= 15 is 0 Å². The number of piperazine rings is 1. The molecule has 2 aromatic rings. The average Bonchev–Trinajstić information content (AvgIpc) is 3.32. The maximum absolute atomic E-state index is 12.7. The van der Waals surface area contributed by atoms with E-state index < -0.39 is 22.0 Å². The van der Waals surface area contributed by atoms with Crippen molar-refractivity contribution >= 4 is 33.2 Å². The molecule has 1 fully saturated rings. The van der Waals surface area contributed by atoms with E-state index in [4.69, 9.17) is 5.11 Å². The number of carboxylic acid groups (broad SMARTS) is 1. The van der Waals surface area contributed by atoms with Crippen LogP contribution in [0.2, 0.25) is 0 Å². The molecule has 2 aromatic heterocycles. The summed E-state index contributed by atoms with van der Waals surface area (Å²) < 4.78 is 27.9. The van der Waals surface area contributed by atoms with E-state index in [0.717, 1.165) is 11.3 Å². The molecule has 1 aliphatic heterocycles. The van der Waals surface area contributed by atoms with Crippen LogP contribution in [-0.4, -0.2) is 70.6 Å². The topological polar surface area (TPSA) is 113 Å². The largest absolute Gasteiger partial charge is 0.480 e. The zero-order valence-electron chi connectivity index (χ0n) is 14.0. The summed E-state index contributed by atoms with van der Waals surface area (Å²) in [5.41, 5.74) is 0.175. The van der Waals surface area contributed by atoms with Gasteiger partial charge >= 0.3 is 5.97 Å². The van der Waals surface area contributed by atoms with Crippen molar-refractivity contribution in [3.63, 3.8) is 0 Å². The molecule has 0 bridgehead atoms. The molecule has 140 valence electrons. The summed E-state index contributed by atoms with van der Waals surface area (Å²) in [4.78, 5) is 25.4. The van der Waals surface area contributed by atoms with Crippen LogP contribution in [0.1, 0.15) is 23.5 Å². The Labute approximate surface area is 154 Å². The van der Waals surface area contributed by atoms with Gasteiger partial charge in [-0.15, -0.1) is 11.3 Å². The Kier molecular flexibility index (Phi) is 5.12. The molecular weight excluding hydrogens is 380 g/mol. The minimum Gasteiger partial charge on any atom is -0.480 e. The number of aliphatic carboxylic acids is 1. The molecule has 1 atom stereocenters. The molecule has 1 N–H and O–H groups in total. The molecule has 11 heteroatoms. The Hall–Kier alpha value is -2.24. The molecule has 9 nitrogen and oxygen atoms in total. The lowest BCUT2D eigenvalue weighted by Gasteiger charge is -2.33. The Morgan fingerprint density at radius 3 is 2.50 bits per heavy atom. The minimum absolute atomic E-state index is 0.175. The second-order valence-electron chi connectivity index (χ2n) is 5.80. The SMILES string of the molecule is CC(C(=O)O)n1nccc1C(=O)N1CCN(S(=O)(=O)c2cccs2)CC1. The number of carbonyl (C=O) groups excluding carboxylic acids is 1. The van der Waals surface area contributed by atoms with Gasteiger partial charge in [0.1, 0.15) is 15.9 Å². The predicted molar refractivity (Wildman–Crippen MR) is 93.6 cm³/mol. The van der Waals surface area contributed by atoms with Crippen molar-refractivity contribution in [2.24, 2.45) is 0 Å². The molecule has 1 unspecified atom stereocenters. The summed E-state index contributed by atoms with van der Waals surface area (Å²) in [6.07, 6.45) is 1.38. The van der Waals surface area contributed by atoms with Gasteiger partial charge in [0.05, 0.1) is 0 Å². The summed E-state index contributed by atoms with van der Waals surface area (Å²) in [6, 6.07) is 3.74. The Balaban J connectivity index is 1.70. The van der Waals surface area contributed by atoms with Crippen LogP contribution >= 0.6 is 11.3 Å². The zero-order valence-corrected chi connectivity index (χ0v) is 15.6. The lowest BCUT2D eigenvalue weighted by Crippen LogP contribution is -2.50. The molecular formula is C15H18N4O5S2. The number of sulfonamides is 1. The summed E-state index contributed by atoms with van der Waals surface area (Å²) in [5.74, 6) is -1.45. The first-order valence-electron chi connectivity index (χ1n) is 7.91. The molecule has 0 spiro atoms. The van der Waals surface area contributed by atoms with Crippen molar-refractivity contribution in [2.45, 2.75) is 17.2 Å². The number of hydrogen-bond acceptors (Lipinski definition) is 6. The summed E-state index contributed by atoms with van der Waals surface area (Å²) in [5, 5.41) is 14.8. The van der Waals surface area contributed by atoms with Crippen molar-refractivity contribution in [2.75, 3.05) is 26.2 Å². The van der Waals surface area contributed by atoms with Gasteiger partial charge in [-0.05, 0) is 24.4 Å². The molecule has 3 heterocycles. The van der Waals surface area contributed by atoms with Gasteiger partial charge in [0, 0.05) is 32.4 Å². The molecule has 0 aromatic carbocycles. The lowest BCUT2D eigenvalue weighted by atomic mass is 10.2. The first-order chi connectivity index (χ1) is 12.3. The van der Waals surface area contributed by atoms with Crippen molar-refractivity contribution in [1.29, 1.82) is 0 Å². The lowest BCUT2D eigenvalue weighted by molar-refractivity contribution is -0.140. The van der Waals surface area contributed by atoms with Gasteiger partial charge < -0.3 is 10.0 Å². The first-order valence-corrected chi connectivity index (χ1v) is 10.2. The van der Waals surface area contributed by atoms with Crippen LogP contribution in [0.5, 0.6) is 0 Å². The van der Waals surface area contributed by atoms with Crippen molar-refractivity contribution in [3.8, 4) is 0 Å². The highest BCUT2D eigenvalue weighted by Crippen LogP contribution is 2.22. The molecule has 26 heavy (non-hydrogen) atoms. The highest BCUT2D eigenvalue weighted by Gasteiger charge is 2.32. The van der Waals surface area contributed by atoms with Crippen LogP contribution in [0.3, 0.4) is 0 Å². The number of thiophene rings is 1. The minimum atomic E-state index is -3.54. The summed E-state index contributed by atoms with van der Waals surface area (Å²) in [7, 11) is -3.54. The third kappa shape index (κ3) is 3.37. The standard InChI is InChI=1S/C15H18N4O5S2/c1-11(15(21)22)19-12(4-5-16-19)14(20)17-6-8-18(9-7-17)26(23,24)13-3-2-10-25-13/h2-5,10-11H,6-9H2,1H3,(H,21,22). The molecule has 3 rings (SSSR count). The van der Waals surface area contributed by atoms with E-state index in [2.05, 4.69) is 5.10 Å². The zero-order chi connectivity index (χ0) is 18.9. The van der Waals surface area contributed by atoms with Crippen LogP contribution in [0.15, 0.2) is 34.0 Å². The van der Waals surface area contributed by atoms with Gasteiger partial charge in [-0.2, -0.15) is 9.40 Å². The van der Waals surface area contributed by atoms with Gasteiger partial charge in [-0.25, -0.2) is 17.9 Å². The van der Waals surface area contributed by atoms with Gasteiger partial charge in [0.15, 0.2) is 0 Å². The predicted octanol–water partition coefficient (Wildman–Crippen LogP) is 0.737. The van der Waals surface area contributed by atoms with Crippen LogP contribution in [0.4, 0.5) is 0 Å². The highest BCUT2D eigenvalue weighted by molar-refractivity contribution is 7.91. The Bertz CT molecular complexity index is 898. The number of rotatable bonds is 5. The van der Waals surface area contributed by atoms with E-state index in [9.17, 15) is 18.0 Å². The molecule has 0 radical (unpaired) electrons. The molecule has 1 aliphatic rings. The second-order valence-corrected chi connectivity index (χ2v) is 8.92. The van der Waals surface area contributed by atoms with Gasteiger partial charge in [0.2, 0.25) is 0 Å². The van der Waals surface area contributed by atoms with E-state index in [-0.39, 0.29) is 42.0 Å². The van der Waals surface area contributed by atoms with Crippen molar-refractivity contribution < 1.29 is 23.1 Å². The fraction of sp³-hybridized carbons (Fsp3) is 0.400. The third-order valence-corrected chi connectivity index (χ3v) is 7.50. The van der Waals surface area contributed by atoms with Crippen molar-refractivity contribution in [1.82, 2.24) is 19.0 Å². The molecule has 0 aliphatic carbocycles. The van der Waals surface area contributed by atoms with Gasteiger partial charge in [-0.3, -0.25) is 4.79 Å². The number of carboxylic acids is 1. The van der Waals surface area contributed by atoms with E-state index in [1.807, 2.05) is 0 Å². The molecule has 1 saturated heterocycles. The smallest absolute Gasteiger partial charge is 0.328 e. The average molecular weight is 398 g/mol. The van der Waals surface area contributed by atoms with Crippen LogP contribution in [0.25, 0.3) is 0 Å². The Morgan fingerprint density at radius 1 is 1.23 bits per heavy atom. The first kappa shape index (κ1) is 18.5. The number of carbonyl (C=O) groups is 2. The highest BCUT2D eigenvalue weighted by atomic mass is 32.2. The van der Waals surface area contributed by atoms with Crippen LogP contribution in [-0.2, 0) is 14.8 Å². The van der Waals surface area contributed by atoms with E-state index in [0.29, 0.717) is 0 Å². The maximum atomic E-state index is 12.7. The Morgan fingerprint density at radius 2 is 1.92 bits per heavy atom. The fourth-order valence-corrected chi connectivity index (χ4v) is 5.29. The quantitative estimate of drug-likeness (QED) is 0.795.